The summed E-state index contributed by atoms with van der Waals surface area (Å²) < 4.78 is 0. The normalized spacial score (nSPS) is 27.5. The number of benzene rings is 1. The van der Waals surface area contributed by atoms with Gasteiger partial charge in [0, 0.05) is 33.2 Å². The Balaban J connectivity index is 1.53. The van der Waals surface area contributed by atoms with Crippen molar-refractivity contribution in [2.24, 2.45) is 5.41 Å². The highest BCUT2D eigenvalue weighted by Crippen LogP contribution is 2.55. The molecule has 3 unspecified atom stereocenters. The molecule has 154 valence electrons. The van der Waals surface area contributed by atoms with Gasteiger partial charge in [-0.15, -0.1) is 0 Å². The van der Waals surface area contributed by atoms with Crippen LogP contribution in [0, 0.1) is 5.41 Å². The van der Waals surface area contributed by atoms with Gasteiger partial charge in [0.1, 0.15) is 0 Å². The van der Waals surface area contributed by atoms with Crippen LogP contribution in [0.1, 0.15) is 57.3 Å². The van der Waals surface area contributed by atoms with Crippen LogP contribution >= 0.6 is 23.2 Å². The Morgan fingerprint density at radius 2 is 1.82 bits per heavy atom. The van der Waals surface area contributed by atoms with Crippen LogP contribution in [0.25, 0.3) is 0 Å². The molecule has 0 radical (unpaired) electrons. The molecule has 1 aromatic rings. The predicted molar refractivity (Wildman–Crippen MR) is 113 cm³/mol. The van der Waals surface area contributed by atoms with E-state index in [0.717, 1.165) is 25.8 Å². The van der Waals surface area contributed by atoms with Crippen molar-refractivity contribution in [2.45, 2.75) is 64.6 Å². The highest BCUT2D eigenvalue weighted by Gasteiger charge is 2.57. The number of likely N-dealkylation sites (tertiary alicyclic amines) is 1. The van der Waals surface area contributed by atoms with Gasteiger partial charge in [0.2, 0.25) is 5.91 Å². The van der Waals surface area contributed by atoms with Gasteiger partial charge in [0.15, 0.2) is 0 Å². The summed E-state index contributed by atoms with van der Waals surface area (Å²) >= 11 is 12.0. The second kappa shape index (κ2) is 7.85. The van der Waals surface area contributed by atoms with Crippen LogP contribution in [0.15, 0.2) is 18.2 Å². The van der Waals surface area contributed by atoms with Gasteiger partial charge < -0.3 is 10.6 Å². The van der Waals surface area contributed by atoms with Gasteiger partial charge in [-0.1, -0.05) is 23.2 Å². The van der Waals surface area contributed by atoms with Gasteiger partial charge in [-0.2, -0.15) is 0 Å². The monoisotopic (exact) mass is 425 g/mol. The van der Waals surface area contributed by atoms with Crippen molar-refractivity contribution in [3.8, 4) is 0 Å². The Morgan fingerprint density at radius 3 is 2.39 bits per heavy atom. The minimum atomic E-state index is -0.216. The number of nitrogens with zero attached hydrogens (tertiary/aromatic N) is 1. The predicted octanol–water partition coefficient (Wildman–Crippen LogP) is 3.88. The number of carbonyl (C=O) groups is 2. The summed E-state index contributed by atoms with van der Waals surface area (Å²) in [4.78, 5) is 27.0. The van der Waals surface area contributed by atoms with E-state index in [1.807, 2.05) is 20.8 Å². The maximum absolute atomic E-state index is 12.6. The van der Waals surface area contributed by atoms with Crippen LogP contribution in [0.5, 0.6) is 0 Å². The van der Waals surface area contributed by atoms with Crippen LogP contribution in [0.3, 0.4) is 0 Å². The molecule has 1 heterocycles. The topological polar surface area (TPSA) is 61.4 Å². The number of carbonyl (C=O) groups excluding carboxylic acids is 2. The van der Waals surface area contributed by atoms with Gasteiger partial charge in [0.25, 0.3) is 5.91 Å². The fraction of sp³-hybridized carbons (Fsp3) is 0.619. The third-order valence-electron chi connectivity index (χ3n) is 5.70. The molecule has 1 saturated carbocycles. The van der Waals surface area contributed by atoms with E-state index < -0.39 is 0 Å². The number of halogens is 2. The van der Waals surface area contributed by atoms with Crippen LogP contribution in [-0.4, -0.2) is 47.4 Å². The van der Waals surface area contributed by atoms with Crippen LogP contribution in [0.4, 0.5) is 0 Å². The van der Waals surface area contributed by atoms with Crippen molar-refractivity contribution in [1.82, 2.24) is 15.5 Å². The molecule has 2 aliphatic rings. The first kappa shape index (κ1) is 21.4. The van der Waals surface area contributed by atoms with E-state index in [0.29, 0.717) is 28.2 Å². The Kier molecular flexibility index (Phi) is 6.00. The zero-order valence-electron chi connectivity index (χ0n) is 16.9. The fourth-order valence-corrected chi connectivity index (χ4v) is 4.79. The Morgan fingerprint density at radius 1 is 1.18 bits per heavy atom. The molecule has 1 spiro atoms. The van der Waals surface area contributed by atoms with Gasteiger partial charge in [-0.25, -0.2) is 0 Å². The lowest BCUT2D eigenvalue weighted by molar-refractivity contribution is -0.124. The first-order valence-electron chi connectivity index (χ1n) is 9.79. The number of nitrogens with one attached hydrogen (secondary N) is 2. The van der Waals surface area contributed by atoms with Crippen molar-refractivity contribution >= 4 is 35.0 Å². The van der Waals surface area contributed by atoms with Crippen molar-refractivity contribution in [3.63, 3.8) is 0 Å². The number of hydrogen-bond donors (Lipinski definition) is 2. The first-order valence-corrected chi connectivity index (χ1v) is 10.6. The van der Waals surface area contributed by atoms with E-state index in [9.17, 15) is 9.59 Å². The maximum atomic E-state index is 12.6. The molecule has 5 nitrogen and oxygen atoms in total. The molecule has 3 atom stereocenters. The number of rotatable bonds is 4. The smallest absolute Gasteiger partial charge is 0.251 e. The molecule has 28 heavy (non-hydrogen) atoms. The number of amides is 2. The minimum Gasteiger partial charge on any atom is -0.350 e. The first-order chi connectivity index (χ1) is 13.0. The summed E-state index contributed by atoms with van der Waals surface area (Å²) in [6.45, 7) is 9.43. The molecule has 3 rings (SSSR count). The van der Waals surface area contributed by atoms with Crippen molar-refractivity contribution < 1.29 is 9.59 Å². The molecule has 2 N–H and O–H groups in total. The highest BCUT2D eigenvalue weighted by molar-refractivity contribution is 6.35. The average molecular weight is 426 g/mol. The Hall–Kier alpha value is -1.30. The van der Waals surface area contributed by atoms with Gasteiger partial charge >= 0.3 is 0 Å². The summed E-state index contributed by atoms with van der Waals surface area (Å²) in [6.07, 6.45) is 2.96. The van der Waals surface area contributed by atoms with Crippen molar-refractivity contribution in [1.29, 1.82) is 0 Å². The van der Waals surface area contributed by atoms with Crippen molar-refractivity contribution in [2.75, 3.05) is 13.1 Å². The average Bonchev–Trinajstić information content (AvgIpc) is 3.18. The van der Waals surface area contributed by atoms with Crippen LogP contribution in [-0.2, 0) is 4.79 Å². The summed E-state index contributed by atoms with van der Waals surface area (Å²) in [6, 6.07) is 5.37. The lowest BCUT2D eigenvalue weighted by Crippen LogP contribution is -2.51. The molecule has 1 aromatic carbocycles. The second-order valence-electron chi connectivity index (χ2n) is 9.32. The van der Waals surface area contributed by atoms with E-state index in [2.05, 4.69) is 22.5 Å². The Labute approximate surface area is 177 Å². The lowest BCUT2D eigenvalue weighted by atomic mass is 9.87. The maximum Gasteiger partial charge on any atom is 0.251 e. The van der Waals surface area contributed by atoms with E-state index in [1.54, 1.807) is 18.2 Å². The largest absolute Gasteiger partial charge is 0.350 e. The quantitative estimate of drug-likeness (QED) is 0.768. The zero-order chi connectivity index (χ0) is 20.7. The van der Waals surface area contributed by atoms with E-state index in [1.165, 1.54) is 0 Å². The van der Waals surface area contributed by atoms with Crippen LogP contribution in [0.2, 0.25) is 10.0 Å². The zero-order valence-corrected chi connectivity index (χ0v) is 18.5. The highest BCUT2D eigenvalue weighted by atomic mass is 35.5. The summed E-state index contributed by atoms with van der Waals surface area (Å²) in [7, 11) is 0. The summed E-state index contributed by atoms with van der Waals surface area (Å²) in [5.41, 5.74) is 0.421. The molecular weight excluding hydrogens is 397 g/mol. The molecule has 2 fully saturated rings. The third-order valence-corrected chi connectivity index (χ3v) is 6.14. The third kappa shape index (κ3) is 5.19. The molecule has 1 aliphatic heterocycles. The van der Waals surface area contributed by atoms with E-state index in [-0.39, 0.29) is 28.8 Å². The standard InChI is InChI=1S/C21H29Cl2N3O2/c1-13-10-21(5-6-26(13)12-18(27)25-20(2,3)4)11-17(21)24-19(28)14-7-15(22)9-16(23)8-14/h7-9,13,17H,5-6,10-12H2,1-4H3,(H,24,28)(H,25,27). The summed E-state index contributed by atoms with van der Waals surface area (Å²) in [5, 5.41) is 7.08. The van der Waals surface area contributed by atoms with Gasteiger partial charge in [-0.3, -0.25) is 14.5 Å². The molecular formula is C21H29Cl2N3O2. The van der Waals surface area contributed by atoms with E-state index in [4.69, 9.17) is 23.2 Å². The van der Waals surface area contributed by atoms with Crippen LogP contribution < -0.4 is 10.6 Å². The second-order valence-corrected chi connectivity index (χ2v) is 10.2. The lowest BCUT2D eigenvalue weighted by Gasteiger charge is -2.38. The molecule has 0 bridgehead atoms. The molecule has 0 aromatic heterocycles. The SMILES string of the molecule is CC1CC2(CCN1CC(=O)NC(C)(C)C)CC2NC(=O)c1cc(Cl)cc(Cl)c1. The Bertz CT molecular complexity index is 757. The minimum absolute atomic E-state index is 0.0637. The van der Waals surface area contributed by atoms with E-state index >= 15 is 0 Å². The molecule has 1 saturated heterocycles. The fourth-order valence-electron chi connectivity index (χ4n) is 4.26. The van der Waals surface area contributed by atoms with Crippen molar-refractivity contribution in [3.05, 3.63) is 33.8 Å². The van der Waals surface area contributed by atoms with Gasteiger partial charge in [0.05, 0.1) is 6.54 Å². The number of piperidine rings is 1. The summed E-state index contributed by atoms with van der Waals surface area (Å²) in [5.74, 6) is -0.0697. The van der Waals surface area contributed by atoms with Gasteiger partial charge in [-0.05, 0) is 77.1 Å². The molecule has 2 amide bonds. The molecule has 7 heteroatoms. The number of hydrogen-bond acceptors (Lipinski definition) is 3. The molecule has 1 aliphatic carbocycles.